The van der Waals surface area contributed by atoms with E-state index in [1.54, 1.807) is 61.6 Å². The van der Waals surface area contributed by atoms with Gasteiger partial charge >= 0.3 is 6.09 Å². The van der Waals surface area contributed by atoms with Crippen LogP contribution in [-0.4, -0.2) is 120 Å². The van der Waals surface area contributed by atoms with Gasteiger partial charge in [-0.3, -0.25) is 43.3 Å². The van der Waals surface area contributed by atoms with Crippen LogP contribution in [0.1, 0.15) is 43.2 Å². The summed E-state index contributed by atoms with van der Waals surface area (Å²) in [4.78, 5) is 112. The molecule has 0 saturated heterocycles. The van der Waals surface area contributed by atoms with Gasteiger partial charge in [-0.1, -0.05) is 48.9 Å². The van der Waals surface area contributed by atoms with Gasteiger partial charge in [0.25, 0.3) is 11.8 Å². The molecule has 0 spiro atoms. The third kappa shape index (κ3) is 18.1. The molecule has 2 aromatic rings. The fourth-order valence-corrected chi connectivity index (χ4v) is 6.15. The lowest BCUT2D eigenvalue weighted by Gasteiger charge is -2.19. The zero-order chi connectivity index (χ0) is 42.3. The number of hydrogen-bond acceptors (Lipinski definition) is 11. The van der Waals surface area contributed by atoms with Gasteiger partial charge in [0.1, 0.15) is 12.6 Å². The maximum atomic E-state index is 13.2. The Balaban J connectivity index is 1.36. The van der Waals surface area contributed by atoms with Crippen molar-refractivity contribution in [2.75, 3.05) is 56.6 Å². The number of imide groups is 1. The van der Waals surface area contributed by atoms with E-state index in [2.05, 4.69) is 26.6 Å². The molecule has 0 bridgehead atoms. The molecule has 2 aromatic carbocycles. The molecule has 19 heteroatoms. The minimum Gasteiger partial charge on any atom is -0.445 e. The van der Waals surface area contributed by atoms with Crippen LogP contribution in [0.5, 0.6) is 0 Å². The van der Waals surface area contributed by atoms with Crippen LogP contribution >= 0.6 is 11.8 Å². The van der Waals surface area contributed by atoms with Gasteiger partial charge in [0.05, 0.1) is 19.6 Å². The van der Waals surface area contributed by atoms with E-state index in [1.807, 2.05) is 0 Å². The second-order valence-electron chi connectivity index (χ2n) is 13.1. The lowest BCUT2D eigenvalue weighted by atomic mass is 10.1. The summed E-state index contributed by atoms with van der Waals surface area (Å²) in [6, 6.07) is 14.4. The number of thioether (sulfide) groups is 1. The number of rotatable bonds is 25. The number of hydrogen-bond donors (Lipinski definition) is 6. The van der Waals surface area contributed by atoms with E-state index in [-0.39, 0.29) is 62.6 Å². The van der Waals surface area contributed by atoms with Crippen molar-refractivity contribution in [1.29, 1.82) is 0 Å². The molecule has 1 heterocycles. The maximum Gasteiger partial charge on any atom is 0.409 e. The number of carbonyl (C=O) groups is 9. The number of primary amides is 1. The summed E-state index contributed by atoms with van der Waals surface area (Å²) in [5, 5.41) is 12.7. The number of benzene rings is 2. The minimum absolute atomic E-state index is 0.00709. The molecule has 1 aliphatic rings. The summed E-state index contributed by atoms with van der Waals surface area (Å²) in [7, 11) is 1.61. The first-order chi connectivity index (χ1) is 27.8. The molecule has 0 aromatic heterocycles. The number of carbonyl (C=O) groups excluding carboxylic acids is 9. The van der Waals surface area contributed by atoms with Gasteiger partial charge in [0, 0.05) is 68.7 Å². The highest BCUT2D eigenvalue weighted by Gasteiger charge is 2.23. The number of unbranched alkanes of at least 4 members (excludes halogenated alkanes) is 2. The van der Waals surface area contributed by atoms with E-state index < -0.39 is 48.9 Å². The molecular weight excluding hydrogens is 773 g/mol. The topological polar surface area (TPSA) is 256 Å². The molecule has 0 aliphatic carbocycles. The molecule has 7 N–H and O–H groups in total. The smallest absolute Gasteiger partial charge is 0.409 e. The van der Waals surface area contributed by atoms with Gasteiger partial charge in [-0.15, -0.1) is 0 Å². The fraction of sp³-hybridized carbons (Fsp3) is 0.410. The maximum absolute atomic E-state index is 13.2. The summed E-state index contributed by atoms with van der Waals surface area (Å²) >= 11 is 1.51. The van der Waals surface area contributed by atoms with Crippen molar-refractivity contribution >= 4 is 70.8 Å². The normalized spacial score (nSPS) is 12.3. The van der Waals surface area contributed by atoms with Crippen LogP contribution in [0.4, 0.5) is 10.5 Å². The zero-order valence-corrected chi connectivity index (χ0v) is 33.1. The predicted octanol–water partition coefficient (Wildman–Crippen LogP) is 0.364. The second kappa shape index (κ2) is 25.1. The molecule has 9 amide bonds. The van der Waals surface area contributed by atoms with E-state index in [1.165, 1.54) is 28.8 Å². The van der Waals surface area contributed by atoms with Gasteiger partial charge in [-0.25, -0.2) is 4.79 Å². The van der Waals surface area contributed by atoms with Gasteiger partial charge in [0.15, 0.2) is 0 Å². The van der Waals surface area contributed by atoms with Crippen LogP contribution in [0.15, 0.2) is 66.7 Å². The van der Waals surface area contributed by atoms with E-state index in [0.29, 0.717) is 48.6 Å². The molecule has 0 unspecified atom stereocenters. The van der Waals surface area contributed by atoms with Crippen molar-refractivity contribution in [2.24, 2.45) is 5.73 Å². The molecule has 3 rings (SSSR count). The molecule has 0 fully saturated rings. The largest absolute Gasteiger partial charge is 0.445 e. The Bertz CT molecular complexity index is 1770. The summed E-state index contributed by atoms with van der Waals surface area (Å²) in [5.41, 5.74) is 6.97. The van der Waals surface area contributed by atoms with Crippen molar-refractivity contribution in [3.8, 4) is 0 Å². The van der Waals surface area contributed by atoms with Crippen molar-refractivity contribution in [2.45, 2.75) is 51.2 Å². The molecule has 18 nitrogen and oxygen atoms in total. The zero-order valence-electron chi connectivity index (χ0n) is 32.3. The lowest BCUT2D eigenvalue weighted by Crippen LogP contribution is -2.52. The van der Waals surface area contributed by atoms with Crippen molar-refractivity contribution in [3.63, 3.8) is 0 Å². The van der Waals surface area contributed by atoms with Gasteiger partial charge in [-0.2, -0.15) is 11.8 Å². The third-order valence-electron chi connectivity index (χ3n) is 8.41. The predicted molar refractivity (Wildman–Crippen MR) is 214 cm³/mol. The van der Waals surface area contributed by atoms with Gasteiger partial charge in [-0.05, 0) is 36.1 Å². The standard InChI is InChI=1S/C39H50N8O10S/c1-46(19-21-58-20-17-31(40)48)39(56)57-26-28-11-13-29(14-12-28)44-34(51)25-43-38(55)30(22-27-8-4-2-5-9-27)45-35(52)24-42-33(50)23-41-32(49)10-6-3-7-18-47-36(53)15-16-37(47)54/h2,4-5,8-9,11-16,30H,3,6-7,10,17-26H2,1H3,(H2,40,48)(H,41,49)(H,42,50)(H,43,55)(H,44,51)(H,45,52)/t30-/m0/s1. The van der Waals surface area contributed by atoms with E-state index >= 15 is 0 Å². The number of nitrogens with zero attached hydrogens (tertiary/aromatic N) is 2. The van der Waals surface area contributed by atoms with Gasteiger partial charge < -0.3 is 42.0 Å². The first kappa shape index (κ1) is 46.1. The summed E-state index contributed by atoms with van der Waals surface area (Å²) in [5.74, 6) is -2.71. The average molecular weight is 823 g/mol. The Morgan fingerprint density at radius 2 is 1.40 bits per heavy atom. The number of ether oxygens (including phenoxy) is 1. The number of amides is 9. The molecular formula is C39H50N8O10S. The Morgan fingerprint density at radius 3 is 2.09 bits per heavy atom. The molecule has 0 saturated carbocycles. The number of nitrogens with one attached hydrogen (secondary N) is 5. The van der Waals surface area contributed by atoms with E-state index in [9.17, 15) is 43.2 Å². The van der Waals surface area contributed by atoms with Crippen LogP contribution in [0.2, 0.25) is 0 Å². The quantitative estimate of drug-likeness (QED) is 0.0589. The SMILES string of the molecule is CN(CCSCCC(N)=O)C(=O)OCc1ccc(NC(=O)CNC(=O)[C@H](Cc2ccccc2)NC(=O)CNC(=O)CNC(=O)CCCCCN2C(=O)C=CC2=O)cc1. The average Bonchev–Trinajstić information content (AvgIpc) is 3.53. The summed E-state index contributed by atoms with van der Waals surface area (Å²) in [6.07, 6.45) is 4.05. The second-order valence-corrected chi connectivity index (χ2v) is 14.3. The summed E-state index contributed by atoms with van der Waals surface area (Å²) in [6.45, 7) is -0.535. The Hall–Kier alpha value is -6.24. The van der Waals surface area contributed by atoms with Crippen LogP contribution in [0, 0.1) is 0 Å². The van der Waals surface area contributed by atoms with Crippen LogP contribution in [0.3, 0.4) is 0 Å². The number of anilines is 1. The van der Waals surface area contributed by atoms with E-state index in [4.69, 9.17) is 10.5 Å². The Labute approximate surface area is 340 Å². The number of nitrogens with two attached hydrogens (primary N) is 1. The minimum atomic E-state index is -1.08. The first-order valence-corrected chi connectivity index (χ1v) is 19.8. The third-order valence-corrected chi connectivity index (χ3v) is 9.38. The molecule has 0 radical (unpaired) electrons. The van der Waals surface area contributed by atoms with Crippen LogP contribution in [-0.2, 0) is 56.1 Å². The van der Waals surface area contributed by atoms with Crippen molar-refractivity contribution in [3.05, 3.63) is 77.9 Å². The molecule has 1 aliphatic heterocycles. The summed E-state index contributed by atoms with van der Waals surface area (Å²) < 4.78 is 5.33. The fourth-order valence-electron chi connectivity index (χ4n) is 5.20. The van der Waals surface area contributed by atoms with Crippen molar-refractivity contribution < 1.29 is 47.9 Å². The van der Waals surface area contributed by atoms with E-state index in [0.717, 1.165) is 10.5 Å². The highest BCUT2D eigenvalue weighted by molar-refractivity contribution is 7.99. The highest BCUT2D eigenvalue weighted by Crippen LogP contribution is 2.12. The highest BCUT2D eigenvalue weighted by atomic mass is 32.2. The van der Waals surface area contributed by atoms with Crippen LogP contribution in [0.25, 0.3) is 0 Å². The van der Waals surface area contributed by atoms with Crippen LogP contribution < -0.4 is 32.3 Å². The molecule has 1 atom stereocenters. The molecule has 58 heavy (non-hydrogen) atoms. The first-order valence-electron chi connectivity index (χ1n) is 18.6. The monoisotopic (exact) mass is 822 g/mol. The Morgan fingerprint density at radius 1 is 0.741 bits per heavy atom. The lowest BCUT2D eigenvalue weighted by molar-refractivity contribution is -0.137. The molecule has 312 valence electrons. The Kier molecular flexibility index (Phi) is 20.0. The van der Waals surface area contributed by atoms with Crippen molar-refractivity contribution in [1.82, 2.24) is 31.1 Å². The van der Waals surface area contributed by atoms with Gasteiger partial charge in [0.2, 0.25) is 35.4 Å².